The third-order valence-corrected chi connectivity index (χ3v) is 3.04. The maximum Gasteiger partial charge on any atom is 0.209 e. The lowest BCUT2D eigenvalue weighted by Crippen LogP contribution is -2.28. The molecule has 1 unspecified atom stereocenters. The number of hydrogen-bond acceptors (Lipinski definition) is 4. The summed E-state index contributed by atoms with van der Waals surface area (Å²) in [5.74, 6) is 0.0471. The smallest absolute Gasteiger partial charge is 0.209 e. The van der Waals surface area contributed by atoms with Gasteiger partial charge in [0.25, 0.3) is 0 Å². The summed E-state index contributed by atoms with van der Waals surface area (Å²) in [6.07, 6.45) is 3.10. The topological polar surface area (TPSA) is 81.4 Å². The van der Waals surface area contributed by atoms with Crippen molar-refractivity contribution in [2.24, 2.45) is 5.14 Å². The van der Waals surface area contributed by atoms with Crippen molar-refractivity contribution in [3.8, 4) is 0 Å². The van der Waals surface area contributed by atoms with Gasteiger partial charge in [-0.1, -0.05) is 0 Å². The van der Waals surface area contributed by atoms with Crippen molar-refractivity contribution in [1.82, 2.24) is 5.32 Å². The largest absolute Gasteiger partial charge is 0.377 e. The molecule has 0 saturated carbocycles. The van der Waals surface area contributed by atoms with E-state index in [9.17, 15) is 8.42 Å². The Morgan fingerprint density at radius 2 is 2.29 bits per heavy atom. The highest BCUT2D eigenvalue weighted by Gasteiger charge is 2.14. The Hall–Kier alpha value is -0.170. The van der Waals surface area contributed by atoms with Gasteiger partial charge in [-0.2, -0.15) is 0 Å². The standard InChI is InChI=1S/C8H18N2O3S/c9-14(11,12)6-2-4-10-7-8-3-1-5-13-8/h8,10H,1-7H2,(H2,9,11,12). The Kier molecular flexibility index (Phi) is 4.80. The highest BCUT2D eigenvalue weighted by atomic mass is 32.2. The fraction of sp³-hybridized carbons (Fsp3) is 1.00. The van der Waals surface area contributed by atoms with Crippen LogP contribution in [0.1, 0.15) is 19.3 Å². The SMILES string of the molecule is NS(=O)(=O)CCCNCC1CCCO1. The van der Waals surface area contributed by atoms with Crippen LogP contribution in [-0.4, -0.2) is 40.0 Å². The van der Waals surface area contributed by atoms with E-state index in [2.05, 4.69) is 5.32 Å². The predicted molar refractivity (Wildman–Crippen MR) is 54.4 cm³/mol. The summed E-state index contributed by atoms with van der Waals surface area (Å²) in [4.78, 5) is 0. The Morgan fingerprint density at radius 3 is 2.86 bits per heavy atom. The van der Waals surface area contributed by atoms with E-state index < -0.39 is 10.0 Å². The number of sulfonamides is 1. The van der Waals surface area contributed by atoms with Crippen LogP contribution < -0.4 is 10.5 Å². The minimum atomic E-state index is -3.29. The molecule has 14 heavy (non-hydrogen) atoms. The van der Waals surface area contributed by atoms with Crippen molar-refractivity contribution >= 4 is 10.0 Å². The van der Waals surface area contributed by atoms with Gasteiger partial charge in [-0.3, -0.25) is 0 Å². The van der Waals surface area contributed by atoms with Gasteiger partial charge in [0.15, 0.2) is 0 Å². The van der Waals surface area contributed by atoms with Crippen LogP contribution in [0.4, 0.5) is 0 Å². The highest BCUT2D eigenvalue weighted by Crippen LogP contribution is 2.10. The van der Waals surface area contributed by atoms with Crippen molar-refractivity contribution < 1.29 is 13.2 Å². The number of hydrogen-bond donors (Lipinski definition) is 2. The Labute approximate surface area is 85.1 Å². The molecule has 0 aromatic heterocycles. The highest BCUT2D eigenvalue weighted by molar-refractivity contribution is 7.89. The number of nitrogens with one attached hydrogen (secondary N) is 1. The molecule has 1 saturated heterocycles. The van der Waals surface area contributed by atoms with E-state index in [1.807, 2.05) is 0 Å². The molecule has 1 aliphatic heterocycles. The first-order valence-corrected chi connectivity index (χ1v) is 6.62. The van der Waals surface area contributed by atoms with E-state index in [1.54, 1.807) is 0 Å². The fourth-order valence-corrected chi connectivity index (χ4v) is 2.01. The van der Waals surface area contributed by atoms with E-state index in [-0.39, 0.29) is 5.75 Å². The normalized spacial score (nSPS) is 22.8. The number of nitrogens with two attached hydrogens (primary N) is 1. The van der Waals surface area contributed by atoms with E-state index in [1.165, 1.54) is 0 Å². The van der Waals surface area contributed by atoms with Crippen molar-refractivity contribution in [2.75, 3.05) is 25.4 Å². The van der Waals surface area contributed by atoms with Crippen molar-refractivity contribution in [3.05, 3.63) is 0 Å². The second-order valence-corrected chi connectivity index (χ2v) is 5.29. The van der Waals surface area contributed by atoms with E-state index >= 15 is 0 Å². The van der Waals surface area contributed by atoms with Crippen LogP contribution in [0.25, 0.3) is 0 Å². The monoisotopic (exact) mass is 222 g/mol. The summed E-state index contributed by atoms with van der Waals surface area (Å²) in [7, 11) is -3.29. The summed E-state index contributed by atoms with van der Waals surface area (Å²) >= 11 is 0. The molecular weight excluding hydrogens is 204 g/mol. The van der Waals surface area contributed by atoms with Crippen molar-refractivity contribution in [3.63, 3.8) is 0 Å². The average molecular weight is 222 g/mol. The Bertz CT molecular complexity index is 247. The predicted octanol–water partition coefficient (Wildman–Crippen LogP) is -0.566. The summed E-state index contributed by atoms with van der Waals surface area (Å²) < 4.78 is 26.5. The molecule has 5 nitrogen and oxygen atoms in total. The van der Waals surface area contributed by atoms with Gasteiger partial charge in [0.2, 0.25) is 10.0 Å². The average Bonchev–Trinajstić information content (AvgIpc) is 2.54. The van der Waals surface area contributed by atoms with Gasteiger partial charge in [0.1, 0.15) is 0 Å². The molecule has 1 rings (SSSR count). The maximum absolute atomic E-state index is 10.6. The molecule has 84 valence electrons. The molecule has 1 atom stereocenters. The van der Waals surface area contributed by atoms with Gasteiger partial charge in [0, 0.05) is 13.2 Å². The molecule has 0 aromatic rings. The Morgan fingerprint density at radius 1 is 1.50 bits per heavy atom. The van der Waals surface area contributed by atoms with Gasteiger partial charge in [-0.15, -0.1) is 0 Å². The minimum Gasteiger partial charge on any atom is -0.377 e. The summed E-state index contributed by atoms with van der Waals surface area (Å²) in [5, 5.41) is 8.01. The third-order valence-electron chi connectivity index (χ3n) is 2.18. The van der Waals surface area contributed by atoms with Gasteiger partial charge in [-0.25, -0.2) is 13.6 Å². The molecule has 1 aliphatic rings. The fourth-order valence-electron chi connectivity index (χ4n) is 1.47. The first-order valence-electron chi connectivity index (χ1n) is 4.91. The second kappa shape index (κ2) is 5.65. The number of ether oxygens (including phenoxy) is 1. The third kappa shape index (κ3) is 5.54. The van der Waals surface area contributed by atoms with Crippen molar-refractivity contribution in [1.29, 1.82) is 0 Å². The van der Waals surface area contributed by atoms with Crippen LogP contribution in [0.15, 0.2) is 0 Å². The number of rotatable bonds is 6. The zero-order valence-electron chi connectivity index (χ0n) is 8.24. The molecule has 0 spiro atoms. The zero-order valence-corrected chi connectivity index (χ0v) is 9.05. The van der Waals surface area contributed by atoms with E-state index in [0.29, 0.717) is 19.1 Å². The van der Waals surface area contributed by atoms with Crippen LogP contribution in [0.3, 0.4) is 0 Å². The zero-order chi connectivity index (χ0) is 10.4. The van der Waals surface area contributed by atoms with Gasteiger partial charge in [-0.05, 0) is 25.8 Å². The molecule has 6 heteroatoms. The molecule has 0 bridgehead atoms. The van der Waals surface area contributed by atoms with E-state index in [0.717, 1.165) is 26.0 Å². The summed E-state index contributed by atoms with van der Waals surface area (Å²) in [5.41, 5.74) is 0. The lowest BCUT2D eigenvalue weighted by Gasteiger charge is -2.09. The van der Waals surface area contributed by atoms with Crippen LogP contribution in [0.5, 0.6) is 0 Å². The second-order valence-electron chi connectivity index (χ2n) is 3.56. The Balaban J connectivity index is 1.94. The first kappa shape index (κ1) is 11.9. The van der Waals surface area contributed by atoms with Crippen LogP contribution in [0.2, 0.25) is 0 Å². The molecule has 3 N–H and O–H groups in total. The molecule has 0 aromatic carbocycles. The molecule has 0 amide bonds. The molecule has 0 aliphatic carbocycles. The summed E-state index contributed by atoms with van der Waals surface area (Å²) in [6, 6.07) is 0. The van der Waals surface area contributed by atoms with Gasteiger partial charge < -0.3 is 10.1 Å². The van der Waals surface area contributed by atoms with Gasteiger partial charge in [0.05, 0.1) is 11.9 Å². The first-order chi connectivity index (χ1) is 6.58. The van der Waals surface area contributed by atoms with Gasteiger partial charge >= 0.3 is 0 Å². The molecule has 1 fully saturated rings. The number of primary sulfonamides is 1. The van der Waals surface area contributed by atoms with Crippen LogP contribution >= 0.6 is 0 Å². The van der Waals surface area contributed by atoms with Crippen LogP contribution in [-0.2, 0) is 14.8 Å². The van der Waals surface area contributed by atoms with Crippen LogP contribution in [0, 0.1) is 0 Å². The molecule has 1 heterocycles. The summed E-state index contributed by atoms with van der Waals surface area (Å²) in [6.45, 7) is 2.34. The molecular formula is C8H18N2O3S. The minimum absolute atomic E-state index is 0.0471. The van der Waals surface area contributed by atoms with Crippen molar-refractivity contribution in [2.45, 2.75) is 25.4 Å². The lowest BCUT2D eigenvalue weighted by atomic mass is 10.2. The maximum atomic E-state index is 10.6. The molecule has 0 radical (unpaired) electrons. The quantitative estimate of drug-likeness (QED) is 0.590. The lowest BCUT2D eigenvalue weighted by molar-refractivity contribution is 0.110. The van der Waals surface area contributed by atoms with E-state index in [4.69, 9.17) is 9.88 Å².